The van der Waals surface area contributed by atoms with Crippen LogP contribution in [0.2, 0.25) is 5.02 Å². The van der Waals surface area contributed by atoms with E-state index in [0.29, 0.717) is 10.8 Å². The zero-order valence-corrected chi connectivity index (χ0v) is 9.05. The summed E-state index contributed by atoms with van der Waals surface area (Å²) in [6, 6.07) is 5.86. The molecular formula is C11H9ClN4. The molecule has 0 bridgehead atoms. The number of nitrogens with zero attached hydrogens (tertiary/aromatic N) is 1. The normalized spacial score (nSPS) is 11.1. The van der Waals surface area contributed by atoms with E-state index in [-0.39, 0.29) is 0 Å². The van der Waals surface area contributed by atoms with E-state index in [4.69, 9.17) is 17.3 Å². The number of fused-ring (bicyclic) bond motifs is 1. The van der Waals surface area contributed by atoms with Crippen molar-refractivity contribution < 1.29 is 0 Å². The monoisotopic (exact) mass is 232 g/mol. The van der Waals surface area contributed by atoms with Gasteiger partial charge in [0.2, 0.25) is 0 Å². The van der Waals surface area contributed by atoms with Gasteiger partial charge in [-0.15, -0.1) is 0 Å². The highest BCUT2D eigenvalue weighted by atomic mass is 35.5. The van der Waals surface area contributed by atoms with Crippen molar-refractivity contribution in [1.29, 1.82) is 0 Å². The van der Waals surface area contributed by atoms with Crippen LogP contribution in [0.25, 0.3) is 22.0 Å². The standard InChI is InChI=1S/C11H9ClN4/c12-9-3-6-1-2-14-10(6)4-7(9)8-5-15-16-11(8)13/h1-5,14H,(H3,13,15,16). The zero-order chi connectivity index (χ0) is 11.1. The quantitative estimate of drug-likeness (QED) is 0.604. The molecule has 3 aromatic rings. The first kappa shape index (κ1) is 9.30. The minimum atomic E-state index is 0.521. The number of hydrogen-bond donors (Lipinski definition) is 3. The SMILES string of the molecule is Nc1[nH]ncc1-c1cc2[nH]ccc2cc1Cl. The van der Waals surface area contributed by atoms with Gasteiger partial charge in [0.1, 0.15) is 5.82 Å². The van der Waals surface area contributed by atoms with Crippen LogP contribution in [0.4, 0.5) is 5.82 Å². The van der Waals surface area contributed by atoms with E-state index >= 15 is 0 Å². The van der Waals surface area contributed by atoms with Gasteiger partial charge >= 0.3 is 0 Å². The summed E-state index contributed by atoms with van der Waals surface area (Å²) in [5.74, 6) is 0.521. The summed E-state index contributed by atoms with van der Waals surface area (Å²) in [4.78, 5) is 3.14. The summed E-state index contributed by atoms with van der Waals surface area (Å²) in [6.45, 7) is 0. The predicted octanol–water partition coefficient (Wildman–Crippen LogP) is 2.79. The van der Waals surface area contributed by atoms with Gasteiger partial charge in [-0.2, -0.15) is 5.10 Å². The molecule has 0 amide bonds. The second-order valence-electron chi connectivity index (χ2n) is 3.59. The van der Waals surface area contributed by atoms with Crippen LogP contribution in [-0.2, 0) is 0 Å². The number of H-pyrrole nitrogens is 2. The minimum absolute atomic E-state index is 0.521. The maximum absolute atomic E-state index is 6.21. The molecule has 0 aliphatic heterocycles. The Morgan fingerprint density at radius 2 is 2.12 bits per heavy atom. The lowest BCUT2D eigenvalue weighted by atomic mass is 10.1. The lowest BCUT2D eigenvalue weighted by Gasteiger charge is -2.03. The summed E-state index contributed by atoms with van der Waals surface area (Å²) in [5, 5.41) is 8.33. The Bertz CT molecular complexity index is 653. The zero-order valence-electron chi connectivity index (χ0n) is 8.29. The molecule has 0 spiro atoms. The van der Waals surface area contributed by atoms with Gasteiger partial charge < -0.3 is 10.7 Å². The summed E-state index contributed by atoms with van der Waals surface area (Å²) < 4.78 is 0. The van der Waals surface area contributed by atoms with Gasteiger partial charge in [0.15, 0.2) is 0 Å². The molecule has 0 saturated carbocycles. The third kappa shape index (κ3) is 1.27. The summed E-state index contributed by atoms with van der Waals surface area (Å²) in [5.41, 5.74) is 8.50. The number of aromatic amines is 2. The molecular weight excluding hydrogens is 224 g/mol. The van der Waals surface area contributed by atoms with Gasteiger partial charge in [-0.1, -0.05) is 11.6 Å². The van der Waals surface area contributed by atoms with Crippen LogP contribution >= 0.6 is 11.6 Å². The van der Waals surface area contributed by atoms with E-state index < -0.39 is 0 Å². The van der Waals surface area contributed by atoms with Gasteiger partial charge in [0.05, 0.1) is 6.20 Å². The van der Waals surface area contributed by atoms with Gasteiger partial charge in [0.25, 0.3) is 0 Å². The fourth-order valence-corrected chi connectivity index (χ4v) is 2.06. The largest absolute Gasteiger partial charge is 0.384 e. The number of rotatable bonds is 1. The van der Waals surface area contributed by atoms with E-state index in [2.05, 4.69) is 15.2 Å². The maximum Gasteiger partial charge on any atom is 0.126 e. The van der Waals surface area contributed by atoms with Crippen LogP contribution in [0.15, 0.2) is 30.6 Å². The number of nitrogens with two attached hydrogens (primary N) is 1. The van der Waals surface area contributed by atoms with Crippen molar-refractivity contribution in [3.63, 3.8) is 0 Å². The van der Waals surface area contributed by atoms with Crippen molar-refractivity contribution in [1.82, 2.24) is 15.2 Å². The Hall–Kier alpha value is -1.94. The topological polar surface area (TPSA) is 70.5 Å². The van der Waals surface area contributed by atoms with Crippen molar-refractivity contribution in [3.8, 4) is 11.1 Å². The molecule has 2 aromatic heterocycles. The average molecular weight is 233 g/mol. The number of anilines is 1. The first-order valence-corrected chi connectivity index (χ1v) is 5.19. The average Bonchev–Trinajstić information content (AvgIpc) is 2.85. The molecule has 4 N–H and O–H groups in total. The van der Waals surface area contributed by atoms with E-state index in [1.807, 2.05) is 24.4 Å². The summed E-state index contributed by atoms with van der Waals surface area (Å²) >= 11 is 6.21. The Kier molecular flexibility index (Phi) is 1.91. The van der Waals surface area contributed by atoms with Crippen molar-refractivity contribution in [2.24, 2.45) is 0 Å². The Balaban J connectivity index is 2.30. The number of nitrogen functional groups attached to an aromatic ring is 1. The van der Waals surface area contributed by atoms with Crippen LogP contribution in [0.3, 0.4) is 0 Å². The predicted molar refractivity (Wildman–Crippen MR) is 65.3 cm³/mol. The molecule has 80 valence electrons. The number of benzene rings is 1. The van der Waals surface area contributed by atoms with Gasteiger partial charge in [-0.25, -0.2) is 0 Å². The van der Waals surface area contributed by atoms with Crippen LogP contribution in [0, 0.1) is 0 Å². The smallest absolute Gasteiger partial charge is 0.126 e. The molecule has 0 aliphatic rings. The van der Waals surface area contributed by atoms with Crippen molar-refractivity contribution in [2.45, 2.75) is 0 Å². The fourth-order valence-electron chi connectivity index (χ4n) is 1.79. The molecule has 2 heterocycles. The molecule has 3 rings (SSSR count). The number of nitrogens with one attached hydrogen (secondary N) is 2. The lowest BCUT2D eigenvalue weighted by molar-refractivity contribution is 1.10. The van der Waals surface area contributed by atoms with Crippen LogP contribution in [0.5, 0.6) is 0 Å². The Morgan fingerprint density at radius 3 is 2.88 bits per heavy atom. The maximum atomic E-state index is 6.21. The van der Waals surface area contributed by atoms with E-state index in [1.54, 1.807) is 6.20 Å². The molecule has 5 heteroatoms. The Labute approximate surface area is 96.4 Å². The molecule has 0 radical (unpaired) electrons. The molecule has 0 fully saturated rings. The fraction of sp³-hybridized carbons (Fsp3) is 0. The van der Waals surface area contributed by atoms with Crippen LogP contribution in [0.1, 0.15) is 0 Å². The van der Waals surface area contributed by atoms with E-state index in [9.17, 15) is 0 Å². The number of halogens is 1. The first-order valence-electron chi connectivity index (χ1n) is 4.81. The molecule has 0 aliphatic carbocycles. The molecule has 16 heavy (non-hydrogen) atoms. The molecule has 0 saturated heterocycles. The summed E-state index contributed by atoms with van der Waals surface area (Å²) in [6.07, 6.45) is 3.55. The second kappa shape index (κ2) is 3.28. The van der Waals surface area contributed by atoms with Gasteiger partial charge in [0, 0.05) is 33.2 Å². The molecule has 4 nitrogen and oxygen atoms in total. The summed E-state index contributed by atoms with van der Waals surface area (Å²) in [7, 11) is 0. The van der Waals surface area contributed by atoms with Crippen molar-refractivity contribution in [3.05, 3.63) is 35.6 Å². The highest BCUT2D eigenvalue weighted by molar-refractivity contribution is 6.34. The highest BCUT2D eigenvalue weighted by Gasteiger charge is 2.10. The first-order chi connectivity index (χ1) is 7.75. The molecule has 0 unspecified atom stereocenters. The van der Waals surface area contributed by atoms with Gasteiger partial charge in [-0.05, 0) is 18.2 Å². The third-order valence-electron chi connectivity index (χ3n) is 2.60. The van der Waals surface area contributed by atoms with Gasteiger partial charge in [-0.3, -0.25) is 5.10 Å². The van der Waals surface area contributed by atoms with Crippen LogP contribution < -0.4 is 5.73 Å². The number of aromatic nitrogens is 3. The van der Waals surface area contributed by atoms with Crippen LogP contribution in [-0.4, -0.2) is 15.2 Å². The third-order valence-corrected chi connectivity index (χ3v) is 2.91. The highest BCUT2D eigenvalue weighted by Crippen LogP contribution is 2.33. The van der Waals surface area contributed by atoms with Crippen molar-refractivity contribution >= 4 is 28.3 Å². The number of hydrogen-bond acceptors (Lipinski definition) is 2. The second-order valence-corrected chi connectivity index (χ2v) is 4.00. The van der Waals surface area contributed by atoms with Crippen molar-refractivity contribution in [2.75, 3.05) is 5.73 Å². The van der Waals surface area contributed by atoms with E-state index in [1.165, 1.54) is 0 Å². The van der Waals surface area contributed by atoms with E-state index in [0.717, 1.165) is 22.0 Å². The molecule has 1 aromatic carbocycles. The lowest BCUT2D eigenvalue weighted by Crippen LogP contribution is -1.88. The minimum Gasteiger partial charge on any atom is -0.384 e. The Morgan fingerprint density at radius 1 is 1.25 bits per heavy atom. The molecule has 0 atom stereocenters.